The number of unbranched alkanes of at least 4 members (excludes halogenated alkanes) is 1. The van der Waals surface area contributed by atoms with Crippen molar-refractivity contribution in [2.24, 2.45) is 5.41 Å². The van der Waals surface area contributed by atoms with E-state index < -0.39 is 5.41 Å². The Bertz CT molecular complexity index is 1200. The highest BCUT2D eigenvalue weighted by atomic mass is 16.5. The number of rotatable bonds is 17. The fourth-order valence-electron chi connectivity index (χ4n) is 4.79. The molecule has 0 bridgehead atoms. The first-order chi connectivity index (χ1) is 19.5. The summed E-state index contributed by atoms with van der Waals surface area (Å²) in [4.78, 5) is 17.3. The van der Waals surface area contributed by atoms with Gasteiger partial charge < -0.3 is 14.8 Å². The molecule has 0 amide bonds. The van der Waals surface area contributed by atoms with E-state index in [9.17, 15) is 4.79 Å². The van der Waals surface area contributed by atoms with E-state index in [1.165, 1.54) is 11.1 Å². The van der Waals surface area contributed by atoms with Crippen LogP contribution in [0, 0.1) is 12.3 Å². The Morgan fingerprint density at radius 3 is 2.48 bits per heavy atom. The minimum Gasteiger partial charge on any atom is -0.466 e. The first-order valence-electron chi connectivity index (χ1n) is 14.8. The molecule has 1 heterocycles. The average molecular weight is 543 g/mol. The number of carbonyl (C=O) groups is 1. The molecule has 5 heteroatoms. The van der Waals surface area contributed by atoms with Gasteiger partial charge in [0, 0.05) is 18.8 Å². The summed E-state index contributed by atoms with van der Waals surface area (Å²) in [7, 11) is 0. The van der Waals surface area contributed by atoms with Crippen molar-refractivity contribution in [3.63, 3.8) is 0 Å². The second-order valence-corrected chi connectivity index (χ2v) is 10.4. The summed E-state index contributed by atoms with van der Waals surface area (Å²) < 4.78 is 11.3. The maximum Gasteiger partial charge on any atom is 0.312 e. The number of ether oxygens (including phenoxy) is 2. The van der Waals surface area contributed by atoms with Gasteiger partial charge in [0.2, 0.25) is 0 Å². The van der Waals surface area contributed by atoms with Crippen molar-refractivity contribution in [3.8, 4) is 0 Å². The molecule has 0 saturated heterocycles. The number of aromatic nitrogens is 1. The van der Waals surface area contributed by atoms with E-state index in [1.807, 2.05) is 37.3 Å². The highest BCUT2D eigenvalue weighted by Gasteiger charge is 2.35. The highest BCUT2D eigenvalue weighted by molar-refractivity contribution is 5.77. The first-order valence-corrected chi connectivity index (χ1v) is 14.8. The lowest BCUT2D eigenvalue weighted by atomic mass is 9.79. The van der Waals surface area contributed by atoms with Crippen LogP contribution in [-0.4, -0.2) is 30.7 Å². The molecule has 5 nitrogen and oxygen atoms in total. The number of nitrogens with zero attached hydrogens (tertiary/aromatic N) is 1. The molecule has 3 aromatic rings. The van der Waals surface area contributed by atoms with Gasteiger partial charge in [-0.15, -0.1) is 0 Å². The van der Waals surface area contributed by atoms with Crippen molar-refractivity contribution in [3.05, 3.63) is 94.8 Å². The van der Waals surface area contributed by atoms with Crippen LogP contribution in [0.4, 0.5) is 5.69 Å². The molecule has 1 N–H and O–H groups in total. The smallest absolute Gasteiger partial charge is 0.312 e. The summed E-state index contributed by atoms with van der Waals surface area (Å²) in [6.45, 7) is 10.5. The zero-order valence-corrected chi connectivity index (χ0v) is 24.7. The van der Waals surface area contributed by atoms with Crippen LogP contribution in [0.3, 0.4) is 0 Å². The quantitative estimate of drug-likeness (QED) is 0.137. The van der Waals surface area contributed by atoms with Gasteiger partial charge in [0.25, 0.3) is 0 Å². The molecule has 0 aliphatic rings. The Hall–Kier alpha value is -3.44. The predicted octanol–water partition coefficient (Wildman–Crippen LogP) is 8.27. The summed E-state index contributed by atoms with van der Waals surface area (Å²) in [5.74, 6) is -0.0864. The Labute approximate surface area is 241 Å². The summed E-state index contributed by atoms with van der Waals surface area (Å²) in [6, 6.07) is 23.1. The van der Waals surface area contributed by atoms with E-state index in [1.54, 1.807) is 0 Å². The summed E-state index contributed by atoms with van der Waals surface area (Å²) in [5.41, 5.74) is 6.22. The summed E-state index contributed by atoms with van der Waals surface area (Å²) in [5, 5.41) is 3.49. The van der Waals surface area contributed by atoms with Crippen molar-refractivity contribution >= 4 is 23.8 Å². The van der Waals surface area contributed by atoms with Crippen LogP contribution in [0.1, 0.15) is 81.0 Å². The number of hydrogen-bond donors (Lipinski definition) is 1. The third-order valence-corrected chi connectivity index (χ3v) is 7.53. The standard InChI is InChI=1S/C35H46N2O3/c1-5-35(6-2,34(38)40-7-3)23-24-36-32-15-10-13-30(26-32)21-22-31-14-11-16-33(37-31)27-39-25-9-8-12-29-19-17-28(4)18-20-29/h10-11,13-22,26,36H,5-9,12,23-25,27H2,1-4H3. The zero-order valence-electron chi connectivity index (χ0n) is 24.7. The van der Waals surface area contributed by atoms with Gasteiger partial charge in [-0.25, -0.2) is 0 Å². The normalized spacial score (nSPS) is 11.6. The minimum atomic E-state index is -0.428. The van der Waals surface area contributed by atoms with E-state index >= 15 is 0 Å². The topological polar surface area (TPSA) is 60.5 Å². The third-order valence-electron chi connectivity index (χ3n) is 7.53. The molecular formula is C35H46N2O3. The predicted molar refractivity (Wildman–Crippen MR) is 166 cm³/mol. The zero-order chi connectivity index (χ0) is 28.6. The van der Waals surface area contributed by atoms with Crippen molar-refractivity contribution in [1.29, 1.82) is 0 Å². The van der Waals surface area contributed by atoms with Gasteiger partial charge in [-0.05, 0) is 93.8 Å². The largest absolute Gasteiger partial charge is 0.466 e. The van der Waals surface area contributed by atoms with Gasteiger partial charge in [0.05, 0.1) is 30.0 Å². The molecule has 0 aliphatic heterocycles. The third kappa shape index (κ3) is 9.95. The molecule has 0 fully saturated rings. The fourth-order valence-corrected chi connectivity index (χ4v) is 4.79. The molecule has 0 radical (unpaired) electrons. The second kappa shape index (κ2) is 16.6. The summed E-state index contributed by atoms with van der Waals surface area (Å²) in [6.07, 6.45) is 9.65. The van der Waals surface area contributed by atoms with Gasteiger partial charge in [0.15, 0.2) is 0 Å². The maximum atomic E-state index is 12.6. The molecule has 0 atom stereocenters. The maximum absolute atomic E-state index is 12.6. The second-order valence-electron chi connectivity index (χ2n) is 10.4. The van der Waals surface area contributed by atoms with Gasteiger partial charge in [-0.3, -0.25) is 9.78 Å². The van der Waals surface area contributed by atoms with Crippen LogP contribution in [0.25, 0.3) is 12.2 Å². The lowest BCUT2D eigenvalue weighted by molar-refractivity contribution is -0.156. The monoisotopic (exact) mass is 542 g/mol. The molecule has 2 aromatic carbocycles. The Morgan fingerprint density at radius 2 is 1.73 bits per heavy atom. The van der Waals surface area contributed by atoms with E-state index in [0.29, 0.717) is 19.8 Å². The molecule has 0 spiro atoms. The summed E-state index contributed by atoms with van der Waals surface area (Å²) >= 11 is 0. The van der Waals surface area contributed by atoms with Crippen molar-refractivity contribution < 1.29 is 14.3 Å². The molecule has 40 heavy (non-hydrogen) atoms. The molecule has 0 saturated carbocycles. The van der Waals surface area contributed by atoms with Crippen LogP contribution in [0.2, 0.25) is 0 Å². The number of carbonyl (C=O) groups excluding carboxylic acids is 1. The van der Waals surface area contributed by atoms with Crippen LogP contribution in [-0.2, 0) is 27.3 Å². The molecular weight excluding hydrogens is 496 g/mol. The molecule has 0 aliphatic carbocycles. The van der Waals surface area contributed by atoms with Gasteiger partial charge in [-0.1, -0.05) is 68.0 Å². The fraction of sp³-hybridized carbons (Fsp3) is 0.429. The van der Waals surface area contributed by atoms with E-state index in [-0.39, 0.29) is 5.97 Å². The van der Waals surface area contributed by atoms with Crippen LogP contribution in [0.15, 0.2) is 66.7 Å². The molecule has 3 rings (SSSR count). The van der Waals surface area contributed by atoms with Crippen molar-refractivity contribution in [1.82, 2.24) is 4.98 Å². The molecule has 0 unspecified atom stereocenters. The van der Waals surface area contributed by atoms with Gasteiger partial charge in [-0.2, -0.15) is 0 Å². The lowest BCUT2D eigenvalue weighted by Gasteiger charge is -2.29. The molecule has 214 valence electrons. The van der Waals surface area contributed by atoms with E-state index in [4.69, 9.17) is 14.5 Å². The Balaban J connectivity index is 1.45. The van der Waals surface area contributed by atoms with E-state index in [2.05, 4.69) is 74.6 Å². The number of nitrogens with one attached hydrogen (secondary N) is 1. The SMILES string of the molecule is CCOC(=O)C(CC)(CC)CCNc1cccc(C=Cc2cccc(COCCCCc3ccc(C)cc3)n2)c1. The average Bonchev–Trinajstić information content (AvgIpc) is 2.98. The lowest BCUT2D eigenvalue weighted by Crippen LogP contribution is -2.34. The van der Waals surface area contributed by atoms with Gasteiger partial charge in [0.1, 0.15) is 0 Å². The number of hydrogen-bond acceptors (Lipinski definition) is 5. The number of aryl methyl sites for hydroxylation is 2. The number of anilines is 1. The van der Waals surface area contributed by atoms with Crippen molar-refractivity contribution in [2.75, 3.05) is 25.1 Å². The number of pyridine rings is 1. The van der Waals surface area contributed by atoms with Crippen LogP contribution < -0.4 is 5.32 Å². The van der Waals surface area contributed by atoms with Crippen molar-refractivity contribution in [2.45, 2.75) is 72.8 Å². The Morgan fingerprint density at radius 1 is 0.950 bits per heavy atom. The first kappa shape index (κ1) is 31.1. The highest BCUT2D eigenvalue weighted by Crippen LogP contribution is 2.32. The van der Waals surface area contributed by atoms with Crippen LogP contribution in [0.5, 0.6) is 0 Å². The number of esters is 1. The minimum absolute atomic E-state index is 0.0864. The van der Waals surface area contributed by atoms with E-state index in [0.717, 1.165) is 67.8 Å². The Kier molecular flexibility index (Phi) is 12.9. The van der Waals surface area contributed by atoms with Gasteiger partial charge >= 0.3 is 5.97 Å². The number of benzene rings is 2. The van der Waals surface area contributed by atoms with Crippen LogP contribution >= 0.6 is 0 Å². The molecule has 1 aromatic heterocycles.